The summed E-state index contributed by atoms with van der Waals surface area (Å²) >= 11 is 0. The summed E-state index contributed by atoms with van der Waals surface area (Å²) in [4.78, 5) is 8.20. The summed E-state index contributed by atoms with van der Waals surface area (Å²) in [5.74, 6) is 0. The maximum absolute atomic E-state index is 6.18. The zero-order valence-corrected chi connectivity index (χ0v) is 16.0. The van der Waals surface area contributed by atoms with Gasteiger partial charge in [0.05, 0.1) is 22.1 Å². The second kappa shape index (κ2) is 5.71. The fourth-order valence-corrected chi connectivity index (χ4v) is 4.84. The van der Waals surface area contributed by atoms with Gasteiger partial charge in [-0.2, -0.15) is 0 Å². The van der Waals surface area contributed by atoms with Crippen molar-refractivity contribution in [3.05, 3.63) is 91.3 Å². The number of hydrogen-bond donors (Lipinski definition) is 1. The average molecular weight is 384 g/mol. The Morgan fingerprint density at radius 3 is 2.17 bits per heavy atom. The van der Waals surface area contributed by atoms with Crippen LogP contribution in [0.5, 0.6) is 0 Å². The van der Waals surface area contributed by atoms with Crippen LogP contribution < -0.4 is 0 Å². The van der Waals surface area contributed by atoms with Crippen molar-refractivity contribution in [3.8, 4) is 11.3 Å². The lowest BCUT2D eigenvalue weighted by atomic mass is 9.96. The number of pyridine rings is 1. The minimum Gasteiger partial charge on any atom is -0.463 e. The molecule has 7 rings (SSSR count). The van der Waals surface area contributed by atoms with Crippen LogP contribution in [0.15, 0.2) is 95.7 Å². The highest BCUT2D eigenvalue weighted by Gasteiger charge is 2.18. The number of aromatic amines is 1. The first-order valence-corrected chi connectivity index (χ1v) is 10.1. The van der Waals surface area contributed by atoms with Crippen molar-refractivity contribution in [2.75, 3.05) is 0 Å². The lowest BCUT2D eigenvalue weighted by molar-refractivity contribution is 0.620. The maximum atomic E-state index is 6.18. The number of furan rings is 1. The number of hydrogen-bond acceptors (Lipinski definition) is 2. The number of fused-ring (bicyclic) bond motifs is 10. The molecule has 0 atom stereocenters. The van der Waals surface area contributed by atoms with E-state index in [2.05, 4.69) is 70.6 Å². The smallest absolute Gasteiger partial charge is 0.144 e. The van der Waals surface area contributed by atoms with Crippen LogP contribution in [0.3, 0.4) is 0 Å². The predicted molar refractivity (Wildman–Crippen MR) is 124 cm³/mol. The van der Waals surface area contributed by atoms with Crippen molar-refractivity contribution in [1.82, 2.24) is 9.97 Å². The van der Waals surface area contributed by atoms with E-state index in [9.17, 15) is 0 Å². The molecular formula is C27H16N2O. The quantitative estimate of drug-likeness (QED) is 0.299. The molecule has 0 aliphatic heterocycles. The van der Waals surface area contributed by atoms with Gasteiger partial charge in [0.1, 0.15) is 11.8 Å². The fraction of sp³-hybridized carbons (Fsp3) is 0. The molecule has 3 heteroatoms. The largest absolute Gasteiger partial charge is 0.463 e. The summed E-state index contributed by atoms with van der Waals surface area (Å²) in [7, 11) is 0. The van der Waals surface area contributed by atoms with Gasteiger partial charge in [0.15, 0.2) is 0 Å². The van der Waals surface area contributed by atoms with Gasteiger partial charge in [0, 0.05) is 27.9 Å². The van der Waals surface area contributed by atoms with Crippen LogP contribution in [0.4, 0.5) is 0 Å². The highest BCUT2D eigenvalue weighted by Crippen LogP contribution is 2.43. The second-order valence-corrected chi connectivity index (χ2v) is 7.70. The average Bonchev–Trinajstić information content (AvgIpc) is 3.41. The summed E-state index contributed by atoms with van der Waals surface area (Å²) in [5.41, 5.74) is 5.08. The van der Waals surface area contributed by atoms with E-state index in [1.54, 1.807) is 0 Å². The van der Waals surface area contributed by atoms with Crippen molar-refractivity contribution in [3.63, 3.8) is 0 Å². The Hall–Kier alpha value is -4.11. The topological polar surface area (TPSA) is 41.8 Å². The number of nitrogens with zero attached hydrogens (tertiary/aromatic N) is 1. The molecule has 0 fully saturated rings. The molecule has 1 N–H and O–H groups in total. The van der Waals surface area contributed by atoms with E-state index in [-0.39, 0.29) is 0 Å². The van der Waals surface area contributed by atoms with Gasteiger partial charge in [-0.15, -0.1) is 0 Å². The first kappa shape index (κ1) is 15.8. The van der Waals surface area contributed by atoms with Crippen LogP contribution >= 0.6 is 0 Å². The van der Waals surface area contributed by atoms with Crippen LogP contribution in [0.2, 0.25) is 0 Å². The Kier molecular flexibility index (Phi) is 3.00. The summed E-state index contributed by atoms with van der Waals surface area (Å²) in [5, 5.41) is 8.41. The molecule has 7 aromatic rings. The lowest BCUT2D eigenvalue weighted by Gasteiger charge is -2.07. The molecule has 3 heterocycles. The molecule has 0 radical (unpaired) electrons. The number of benzene rings is 4. The van der Waals surface area contributed by atoms with E-state index < -0.39 is 0 Å². The van der Waals surface area contributed by atoms with Gasteiger partial charge >= 0.3 is 0 Å². The van der Waals surface area contributed by atoms with Gasteiger partial charge in [-0.3, -0.25) is 4.98 Å². The molecule has 3 nitrogen and oxygen atoms in total. The molecule has 0 spiro atoms. The molecule has 3 aromatic heterocycles. The summed E-state index contributed by atoms with van der Waals surface area (Å²) in [6.45, 7) is 0. The van der Waals surface area contributed by atoms with Crippen molar-refractivity contribution in [1.29, 1.82) is 0 Å². The molecule has 0 amide bonds. The highest BCUT2D eigenvalue weighted by molar-refractivity contribution is 6.34. The second-order valence-electron chi connectivity index (χ2n) is 7.70. The summed E-state index contributed by atoms with van der Waals surface area (Å²) in [6.07, 6.45) is 3.65. The Morgan fingerprint density at radius 2 is 1.37 bits per heavy atom. The molecule has 0 aliphatic carbocycles. The standard InChI is InChI=1S/C27H16N2O/c1-3-9-18-16(7-1)17-8-2-4-10-19(17)26-24(18)25-23(29-26)13-12-20-21(15-30-27(20)25)22-11-5-6-14-28-22/h1-15,29H. The molecule has 30 heavy (non-hydrogen) atoms. The Bertz CT molecular complexity index is 1740. The molecule has 140 valence electrons. The molecule has 0 unspecified atom stereocenters. The lowest BCUT2D eigenvalue weighted by Crippen LogP contribution is -1.81. The first-order chi connectivity index (χ1) is 14.9. The SMILES string of the molecule is c1ccc(-c2coc3c2ccc2[nH]c4c5ccccc5c5ccccc5c4c23)nc1. The highest BCUT2D eigenvalue weighted by atomic mass is 16.3. The number of aromatic nitrogens is 2. The third-order valence-electron chi connectivity index (χ3n) is 6.13. The zero-order valence-electron chi connectivity index (χ0n) is 16.0. The molecule has 0 aliphatic rings. The van der Waals surface area contributed by atoms with E-state index in [1.165, 1.54) is 26.9 Å². The Labute approximate surface area is 171 Å². The molecule has 0 saturated carbocycles. The summed E-state index contributed by atoms with van der Waals surface area (Å²) in [6, 6.07) is 27.5. The number of rotatable bonds is 1. The monoisotopic (exact) mass is 384 g/mol. The van der Waals surface area contributed by atoms with Gasteiger partial charge in [0.25, 0.3) is 0 Å². The molecule has 4 aromatic carbocycles. The van der Waals surface area contributed by atoms with E-state index in [0.29, 0.717) is 0 Å². The predicted octanol–water partition coefficient (Wildman–Crippen LogP) is 7.44. The minimum atomic E-state index is 0.903. The normalized spacial score (nSPS) is 12.0. The van der Waals surface area contributed by atoms with Gasteiger partial charge in [-0.25, -0.2) is 0 Å². The van der Waals surface area contributed by atoms with E-state index in [1.807, 2.05) is 30.7 Å². The van der Waals surface area contributed by atoms with Crippen LogP contribution in [0, 0.1) is 0 Å². The van der Waals surface area contributed by atoms with Gasteiger partial charge < -0.3 is 9.40 Å². The van der Waals surface area contributed by atoms with E-state index in [0.717, 1.165) is 38.6 Å². The van der Waals surface area contributed by atoms with Crippen LogP contribution in [0.1, 0.15) is 0 Å². The van der Waals surface area contributed by atoms with Crippen LogP contribution in [0.25, 0.3) is 65.6 Å². The number of nitrogens with one attached hydrogen (secondary N) is 1. The van der Waals surface area contributed by atoms with Crippen molar-refractivity contribution >= 4 is 54.3 Å². The summed E-state index contributed by atoms with van der Waals surface area (Å²) < 4.78 is 6.18. The van der Waals surface area contributed by atoms with E-state index >= 15 is 0 Å². The van der Waals surface area contributed by atoms with Gasteiger partial charge in [0.2, 0.25) is 0 Å². The van der Waals surface area contributed by atoms with Crippen LogP contribution in [-0.4, -0.2) is 9.97 Å². The van der Waals surface area contributed by atoms with Crippen molar-refractivity contribution < 1.29 is 4.42 Å². The molecular weight excluding hydrogens is 368 g/mol. The van der Waals surface area contributed by atoms with Gasteiger partial charge in [-0.1, -0.05) is 54.6 Å². The zero-order chi connectivity index (χ0) is 19.7. The third-order valence-corrected chi connectivity index (χ3v) is 6.13. The number of H-pyrrole nitrogens is 1. The maximum Gasteiger partial charge on any atom is 0.144 e. The first-order valence-electron chi connectivity index (χ1n) is 10.1. The van der Waals surface area contributed by atoms with Crippen LogP contribution in [-0.2, 0) is 0 Å². The van der Waals surface area contributed by atoms with Crippen molar-refractivity contribution in [2.24, 2.45) is 0 Å². The minimum absolute atomic E-state index is 0.903. The molecule has 0 saturated heterocycles. The third kappa shape index (κ3) is 1.96. The Morgan fingerprint density at radius 1 is 0.633 bits per heavy atom. The van der Waals surface area contributed by atoms with Gasteiger partial charge in [-0.05, 0) is 40.4 Å². The van der Waals surface area contributed by atoms with Crippen molar-refractivity contribution in [2.45, 2.75) is 0 Å². The Balaban J connectivity index is 1.73. The fourth-order valence-electron chi connectivity index (χ4n) is 4.84. The van der Waals surface area contributed by atoms with E-state index in [4.69, 9.17) is 4.42 Å². The molecule has 0 bridgehead atoms.